The van der Waals surface area contributed by atoms with Gasteiger partial charge in [-0.05, 0) is 69.6 Å². The smallest absolute Gasteiger partial charge is 0.191 e. The molecule has 28 heavy (non-hydrogen) atoms. The summed E-state index contributed by atoms with van der Waals surface area (Å²) in [5.41, 5.74) is 7.25. The molecule has 2 aliphatic heterocycles. The second kappa shape index (κ2) is 12.5. The van der Waals surface area contributed by atoms with E-state index in [4.69, 9.17) is 5.73 Å². The fourth-order valence-corrected chi connectivity index (χ4v) is 3.95. The number of piperazine rings is 1. The van der Waals surface area contributed by atoms with Gasteiger partial charge >= 0.3 is 0 Å². The molecule has 0 aromatic heterocycles. The van der Waals surface area contributed by atoms with Crippen LogP contribution in [0, 0.1) is 5.82 Å². The number of guanidine groups is 1. The molecule has 0 unspecified atom stereocenters. The van der Waals surface area contributed by atoms with E-state index < -0.39 is 0 Å². The molecule has 0 amide bonds. The first-order valence-corrected chi connectivity index (χ1v) is 10.5. The molecule has 2 N–H and O–H groups in total. The quantitative estimate of drug-likeness (QED) is 0.268. The third kappa shape index (κ3) is 7.39. The van der Waals surface area contributed by atoms with Crippen LogP contribution >= 0.6 is 24.0 Å². The molecule has 1 aromatic carbocycles. The summed E-state index contributed by atoms with van der Waals surface area (Å²) in [7, 11) is 0. The van der Waals surface area contributed by atoms with Crippen LogP contribution in [-0.4, -0.2) is 68.1 Å². The largest absolute Gasteiger partial charge is 0.370 e. The van der Waals surface area contributed by atoms with Gasteiger partial charge < -0.3 is 20.4 Å². The first-order chi connectivity index (χ1) is 13.2. The monoisotopic (exact) mass is 503 g/mol. The minimum atomic E-state index is -0.190. The van der Waals surface area contributed by atoms with E-state index in [1.54, 1.807) is 0 Å². The summed E-state index contributed by atoms with van der Waals surface area (Å²) in [5, 5.41) is 0. The number of anilines is 1. The maximum atomic E-state index is 13.1. The van der Waals surface area contributed by atoms with Gasteiger partial charge in [-0.1, -0.05) is 12.8 Å². The van der Waals surface area contributed by atoms with Crippen molar-refractivity contribution in [2.45, 2.75) is 38.5 Å². The number of aliphatic imine (C=N–C) groups is 1. The average molecular weight is 503 g/mol. The van der Waals surface area contributed by atoms with Crippen molar-refractivity contribution in [1.82, 2.24) is 9.80 Å². The number of rotatable bonds is 7. The van der Waals surface area contributed by atoms with E-state index in [0.29, 0.717) is 5.96 Å². The van der Waals surface area contributed by atoms with Crippen molar-refractivity contribution < 1.29 is 4.39 Å². The van der Waals surface area contributed by atoms with E-state index in [2.05, 4.69) is 19.7 Å². The second-order valence-corrected chi connectivity index (χ2v) is 7.65. The second-order valence-electron chi connectivity index (χ2n) is 7.65. The van der Waals surface area contributed by atoms with Gasteiger partial charge in [-0.15, -0.1) is 24.0 Å². The molecular weight excluding hydrogens is 468 g/mol. The third-order valence-corrected chi connectivity index (χ3v) is 5.65. The molecule has 0 atom stereocenters. The minimum Gasteiger partial charge on any atom is -0.370 e. The third-order valence-electron chi connectivity index (χ3n) is 5.65. The summed E-state index contributed by atoms with van der Waals surface area (Å²) in [6.07, 6.45) is 7.76. The van der Waals surface area contributed by atoms with Crippen molar-refractivity contribution in [3.05, 3.63) is 30.1 Å². The summed E-state index contributed by atoms with van der Waals surface area (Å²) in [6, 6.07) is 6.71. The maximum absolute atomic E-state index is 13.1. The zero-order chi connectivity index (χ0) is 18.9. The number of hydrogen-bond acceptors (Lipinski definition) is 3. The van der Waals surface area contributed by atoms with E-state index in [-0.39, 0.29) is 29.8 Å². The van der Waals surface area contributed by atoms with Gasteiger partial charge in [0.05, 0.1) is 0 Å². The number of unbranched alkanes of at least 4 members (excludes halogenated alkanes) is 2. The van der Waals surface area contributed by atoms with Crippen LogP contribution in [-0.2, 0) is 0 Å². The van der Waals surface area contributed by atoms with Crippen LogP contribution in [0.4, 0.5) is 10.1 Å². The minimum absolute atomic E-state index is 0. The molecule has 3 rings (SSSR count). The van der Waals surface area contributed by atoms with E-state index >= 15 is 0 Å². The Morgan fingerprint density at radius 1 is 0.893 bits per heavy atom. The van der Waals surface area contributed by atoms with Gasteiger partial charge in [0.15, 0.2) is 5.96 Å². The van der Waals surface area contributed by atoms with Gasteiger partial charge in [-0.2, -0.15) is 0 Å². The topological polar surface area (TPSA) is 48.1 Å². The standard InChI is InChI=1S/C21H34FN5.HI/c22-19-7-9-20(10-8-19)26-15-17-27(18-16-26)21(23)24-11-3-1-4-12-25-13-5-2-6-14-25;/h7-10H,1-6,11-18H2,(H2,23,24);1H. The van der Waals surface area contributed by atoms with Crippen molar-refractivity contribution in [2.24, 2.45) is 10.7 Å². The van der Waals surface area contributed by atoms with Crippen LogP contribution in [0.15, 0.2) is 29.3 Å². The average Bonchev–Trinajstić information content (AvgIpc) is 2.72. The van der Waals surface area contributed by atoms with Crippen LogP contribution in [0.5, 0.6) is 0 Å². The molecule has 0 bridgehead atoms. The van der Waals surface area contributed by atoms with E-state index in [0.717, 1.165) is 44.8 Å². The highest BCUT2D eigenvalue weighted by molar-refractivity contribution is 14.0. The fourth-order valence-electron chi connectivity index (χ4n) is 3.95. The fraction of sp³-hybridized carbons (Fsp3) is 0.667. The van der Waals surface area contributed by atoms with Gasteiger partial charge in [-0.3, -0.25) is 4.99 Å². The number of benzene rings is 1. The van der Waals surface area contributed by atoms with E-state index in [9.17, 15) is 4.39 Å². The molecule has 0 saturated carbocycles. The number of likely N-dealkylation sites (tertiary alicyclic amines) is 1. The molecule has 2 saturated heterocycles. The summed E-state index contributed by atoms with van der Waals surface area (Å²) in [6.45, 7) is 8.14. The van der Waals surface area contributed by atoms with Crippen molar-refractivity contribution in [2.75, 3.05) is 57.3 Å². The summed E-state index contributed by atoms with van der Waals surface area (Å²) in [4.78, 5) is 11.6. The van der Waals surface area contributed by atoms with E-state index in [1.165, 1.54) is 63.9 Å². The van der Waals surface area contributed by atoms with Crippen molar-refractivity contribution in [3.8, 4) is 0 Å². The van der Waals surface area contributed by atoms with Crippen molar-refractivity contribution >= 4 is 35.6 Å². The Labute approximate surface area is 186 Å². The van der Waals surface area contributed by atoms with Crippen LogP contribution in [0.25, 0.3) is 0 Å². The molecule has 5 nitrogen and oxygen atoms in total. The molecule has 0 radical (unpaired) electrons. The predicted octanol–water partition coefficient (Wildman–Crippen LogP) is 3.54. The van der Waals surface area contributed by atoms with Crippen LogP contribution in [0.3, 0.4) is 0 Å². The van der Waals surface area contributed by atoms with Crippen LogP contribution < -0.4 is 10.6 Å². The van der Waals surface area contributed by atoms with Crippen molar-refractivity contribution in [3.63, 3.8) is 0 Å². The van der Waals surface area contributed by atoms with Gasteiger partial charge in [0, 0.05) is 38.4 Å². The van der Waals surface area contributed by atoms with Gasteiger partial charge in [-0.25, -0.2) is 4.39 Å². The number of nitrogens with two attached hydrogens (primary N) is 1. The number of hydrogen-bond donors (Lipinski definition) is 1. The van der Waals surface area contributed by atoms with Gasteiger partial charge in [0.1, 0.15) is 5.82 Å². The first kappa shape index (κ1) is 23.2. The molecule has 2 fully saturated rings. The normalized spacial score (nSPS) is 18.8. The molecule has 1 aromatic rings. The number of halogens is 2. The Kier molecular flexibility index (Phi) is 10.3. The van der Waals surface area contributed by atoms with Gasteiger partial charge in [0.2, 0.25) is 0 Å². The molecule has 0 aliphatic carbocycles. The Morgan fingerprint density at radius 2 is 1.57 bits per heavy atom. The van der Waals surface area contributed by atoms with Crippen LogP contribution in [0.1, 0.15) is 38.5 Å². The predicted molar refractivity (Wildman–Crippen MR) is 126 cm³/mol. The lowest BCUT2D eigenvalue weighted by atomic mass is 10.1. The molecule has 158 valence electrons. The Bertz CT molecular complexity index is 581. The first-order valence-electron chi connectivity index (χ1n) is 10.5. The Morgan fingerprint density at radius 3 is 2.25 bits per heavy atom. The van der Waals surface area contributed by atoms with E-state index in [1.807, 2.05) is 12.1 Å². The van der Waals surface area contributed by atoms with Gasteiger partial charge in [0.25, 0.3) is 0 Å². The summed E-state index contributed by atoms with van der Waals surface area (Å²) < 4.78 is 13.1. The number of nitrogens with zero attached hydrogens (tertiary/aromatic N) is 4. The number of piperidine rings is 1. The maximum Gasteiger partial charge on any atom is 0.191 e. The molecule has 2 heterocycles. The highest BCUT2D eigenvalue weighted by Gasteiger charge is 2.18. The molecule has 7 heteroatoms. The zero-order valence-corrected chi connectivity index (χ0v) is 19.2. The highest BCUT2D eigenvalue weighted by atomic mass is 127. The Hall–Kier alpha value is -1.09. The lowest BCUT2D eigenvalue weighted by Crippen LogP contribution is -2.51. The summed E-state index contributed by atoms with van der Waals surface area (Å²) >= 11 is 0. The SMILES string of the molecule is I.NC(=NCCCCCN1CCCCC1)N1CCN(c2ccc(F)cc2)CC1. The van der Waals surface area contributed by atoms with Crippen molar-refractivity contribution in [1.29, 1.82) is 0 Å². The molecule has 2 aliphatic rings. The Balaban J connectivity index is 0.00000280. The lowest BCUT2D eigenvalue weighted by molar-refractivity contribution is 0.224. The molecule has 0 spiro atoms. The molecular formula is C21H35FIN5. The lowest BCUT2D eigenvalue weighted by Gasteiger charge is -2.36. The highest BCUT2D eigenvalue weighted by Crippen LogP contribution is 2.17. The zero-order valence-electron chi connectivity index (χ0n) is 16.9. The summed E-state index contributed by atoms with van der Waals surface area (Å²) in [5.74, 6) is 0.481. The van der Waals surface area contributed by atoms with Crippen LogP contribution in [0.2, 0.25) is 0 Å².